The summed E-state index contributed by atoms with van der Waals surface area (Å²) in [4.78, 5) is 0. The fourth-order valence-corrected chi connectivity index (χ4v) is 0.470. The van der Waals surface area contributed by atoms with Crippen LogP contribution in [0, 0.1) is 7.11 Å². The van der Waals surface area contributed by atoms with Gasteiger partial charge < -0.3 is 4.74 Å². The van der Waals surface area contributed by atoms with Crippen molar-refractivity contribution in [2.24, 2.45) is 0 Å². The zero-order valence-electron chi connectivity index (χ0n) is 5.39. The Bertz CT molecular complexity index is 57.4. The topological polar surface area (TPSA) is 9.23 Å². The van der Waals surface area contributed by atoms with Crippen molar-refractivity contribution in [3.63, 3.8) is 0 Å². The van der Waals surface area contributed by atoms with Crippen LogP contribution in [0.2, 0.25) is 0 Å². The molecule has 1 heteroatoms. The Labute approximate surface area is 51.4 Å². The summed E-state index contributed by atoms with van der Waals surface area (Å²) < 4.78 is 4.60. The minimum atomic E-state index is 0.768. The van der Waals surface area contributed by atoms with Crippen molar-refractivity contribution in [3.8, 4) is 0 Å². The second-order valence-electron chi connectivity index (χ2n) is 1.62. The molecule has 0 rings (SSSR count). The van der Waals surface area contributed by atoms with Crippen LogP contribution in [0.5, 0.6) is 0 Å². The summed E-state index contributed by atoms with van der Waals surface area (Å²) in [6.45, 7) is 2.79. The first kappa shape index (κ1) is 7.70. The molecule has 0 unspecified atom stereocenters. The molecule has 1 nitrogen and oxygen atoms in total. The highest BCUT2D eigenvalue weighted by Gasteiger charge is 1.78. The molecule has 0 aromatic heterocycles. The maximum absolute atomic E-state index is 4.60. The van der Waals surface area contributed by atoms with Gasteiger partial charge >= 0.3 is 0 Å². The SMILES string of the molecule is [CH2]OCCC/C=C/C. The van der Waals surface area contributed by atoms with E-state index in [2.05, 4.69) is 17.9 Å². The fourth-order valence-electron chi connectivity index (χ4n) is 0.470. The van der Waals surface area contributed by atoms with Gasteiger partial charge in [0.1, 0.15) is 0 Å². The van der Waals surface area contributed by atoms with Gasteiger partial charge in [-0.3, -0.25) is 0 Å². The standard InChI is InChI=1S/C7H13O/c1-3-4-5-6-7-8-2/h3-4H,2,5-7H2,1H3/b4-3+. The Morgan fingerprint density at radius 2 is 2.38 bits per heavy atom. The van der Waals surface area contributed by atoms with Gasteiger partial charge in [-0.05, 0) is 19.8 Å². The third-order valence-corrected chi connectivity index (χ3v) is 0.895. The molecule has 0 saturated heterocycles. The van der Waals surface area contributed by atoms with Gasteiger partial charge in [-0.25, -0.2) is 0 Å². The highest BCUT2D eigenvalue weighted by atomic mass is 16.5. The van der Waals surface area contributed by atoms with Crippen LogP contribution in [0.3, 0.4) is 0 Å². The van der Waals surface area contributed by atoms with E-state index in [0.717, 1.165) is 19.4 Å². The van der Waals surface area contributed by atoms with Crippen molar-refractivity contribution < 1.29 is 4.74 Å². The molecule has 0 spiro atoms. The van der Waals surface area contributed by atoms with Crippen molar-refractivity contribution in [2.75, 3.05) is 6.61 Å². The number of allylic oxidation sites excluding steroid dienone is 2. The van der Waals surface area contributed by atoms with Gasteiger partial charge in [0.2, 0.25) is 0 Å². The van der Waals surface area contributed by atoms with E-state index < -0.39 is 0 Å². The van der Waals surface area contributed by atoms with Gasteiger partial charge in [-0.2, -0.15) is 0 Å². The summed E-state index contributed by atoms with van der Waals surface area (Å²) in [5.41, 5.74) is 0. The van der Waals surface area contributed by atoms with Gasteiger partial charge in [0.05, 0.1) is 7.11 Å². The average Bonchev–Trinajstić information content (AvgIpc) is 1.81. The largest absolute Gasteiger partial charge is 0.379 e. The summed E-state index contributed by atoms with van der Waals surface area (Å²) in [5, 5.41) is 0. The number of rotatable bonds is 4. The second-order valence-corrected chi connectivity index (χ2v) is 1.62. The molecule has 0 saturated carbocycles. The summed E-state index contributed by atoms with van der Waals surface area (Å²) in [5.74, 6) is 0. The number of ether oxygens (including phenoxy) is 1. The van der Waals surface area contributed by atoms with E-state index in [-0.39, 0.29) is 0 Å². The minimum absolute atomic E-state index is 0.768. The molecule has 1 radical (unpaired) electrons. The molecule has 0 atom stereocenters. The maximum atomic E-state index is 4.60. The third kappa shape index (κ3) is 5.70. The Balaban J connectivity index is 2.72. The number of hydrogen-bond donors (Lipinski definition) is 0. The molecule has 0 bridgehead atoms. The molecule has 0 N–H and O–H groups in total. The Hall–Kier alpha value is -0.300. The number of unbranched alkanes of at least 4 members (excludes halogenated alkanes) is 1. The third-order valence-electron chi connectivity index (χ3n) is 0.895. The van der Waals surface area contributed by atoms with Gasteiger partial charge in [0.25, 0.3) is 0 Å². The summed E-state index contributed by atoms with van der Waals surface area (Å²) >= 11 is 0. The molecule has 0 heterocycles. The molecule has 47 valence electrons. The zero-order chi connectivity index (χ0) is 6.24. The van der Waals surface area contributed by atoms with Crippen LogP contribution < -0.4 is 0 Å². The molecular formula is C7H13O. The highest BCUT2D eigenvalue weighted by Crippen LogP contribution is 1.89. The lowest BCUT2D eigenvalue weighted by Crippen LogP contribution is -1.82. The fraction of sp³-hybridized carbons (Fsp3) is 0.571. The first-order chi connectivity index (χ1) is 3.91. The van der Waals surface area contributed by atoms with Crippen LogP contribution in [-0.4, -0.2) is 6.61 Å². The van der Waals surface area contributed by atoms with Gasteiger partial charge in [-0.1, -0.05) is 12.2 Å². The first-order valence-corrected chi connectivity index (χ1v) is 2.90. The summed E-state index contributed by atoms with van der Waals surface area (Å²) in [7, 11) is 3.26. The minimum Gasteiger partial charge on any atom is -0.379 e. The molecule has 0 amide bonds. The highest BCUT2D eigenvalue weighted by molar-refractivity contribution is 4.75. The Morgan fingerprint density at radius 1 is 1.62 bits per heavy atom. The molecule has 0 fully saturated rings. The summed E-state index contributed by atoms with van der Waals surface area (Å²) in [6.07, 6.45) is 6.35. The molecule has 0 aromatic rings. The molecular weight excluding hydrogens is 100 g/mol. The summed E-state index contributed by atoms with van der Waals surface area (Å²) in [6, 6.07) is 0. The van der Waals surface area contributed by atoms with E-state index in [1.54, 1.807) is 0 Å². The normalized spacial score (nSPS) is 10.8. The second kappa shape index (κ2) is 6.70. The van der Waals surface area contributed by atoms with Crippen LogP contribution in [0.25, 0.3) is 0 Å². The van der Waals surface area contributed by atoms with E-state index in [0.29, 0.717) is 0 Å². The van der Waals surface area contributed by atoms with Gasteiger partial charge in [0, 0.05) is 6.61 Å². The van der Waals surface area contributed by atoms with Gasteiger partial charge in [0.15, 0.2) is 0 Å². The zero-order valence-corrected chi connectivity index (χ0v) is 5.39. The van der Waals surface area contributed by atoms with Crippen molar-refractivity contribution in [2.45, 2.75) is 19.8 Å². The predicted octanol–water partition coefficient (Wildman–Crippen LogP) is 2.15. The van der Waals surface area contributed by atoms with E-state index >= 15 is 0 Å². The smallest absolute Gasteiger partial charge is 0.0700 e. The van der Waals surface area contributed by atoms with E-state index in [9.17, 15) is 0 Å². The lowest BCUT2D eigenvalue weighted by atomic mass is 10.3. The maximum Gasteiger partial charge on any atom is 0.0700 e. The molecule has 8 heavy (non-hydrogen) atoms. The first-order valence-electron chi connectivity index (χ1n) is 2.90. The monoisotopic (exact) mass is 113 g/mol. The van der Waals surface area contributed by atoms with Crippen LogP contribution in [-0.2, 0) is 4.74 Å². The van der Waals surface area contributed by atoms with Crippen molar-refractivity contribution in [1.29, 1.82) is 0 Å². The van der Waals surface area contributed by atoms with E-state index in [1.807, 2.05) is 13.0 Å². The Morgan fingerprint density at radius 3 is 2.88 bits per heavy atom. The van der Waals surface area contributed by atoms with Crippen LogP contribution in [0.1, 0.15) is 19.8 Å². The van der Waals surface area contributed by atoms with Crippen molar-refractivity contribution in [1.82, 2.24) is 0 Å². The van der Waals surface area contributed by atoms with E-state index in [1.165, 1.54) is 0 Å². The quantitative estimate of drug-likeness (QED) is 0.401. The van der Waals surface area contributed by atoms with Crippen molar-refractivity contribution >= 4 is 0 Å². The molecule has 0 aliphatic heterocycles. The lowest BCUT2D eigenvalue weighted by Gasteiger charge is -1.91. The Kier molecular flexibility index (Phi) is 6.45. The predicted molar refractivity (Wildman–Crippen MR) is 35.4 cm³/mol. The van der Waals surface area contributed by atoms with Crippen LogP contribution in [0.4, 0.5) is 0 Å². The lowest BCUT2D eigenvalue weighted by molar-refractivity contribution is 0.238. The molecule has 0 aromatic carbocycles. The van der Waals surface area contributed by atoms with Crippen LogP contribution >= 0.6 is 0 Å². The number of hydrogen-bond acceptors (Lipinski definition) is 1. The van der Waals surface area contributed by atoms with Crippen molar-refractivity contribution in [3.05, 3.63) is 19.3 Å². The van der Waals surface area contributed by atoms with E-state index in [4.69, 9.17) is 0 Å². The molecule has 0 aliphatic carbocycles. The van der Waals surface area contributed by atoms with Gasteiger partial charge in [-0.15, -0.1) is 0 Å². The average molecular weight is 113 g/mol. The van der Waals surface area contributed by atoms with Crippen LogP contribution in [0.15, 0.2) is 12.2 Å². The molecule has 0 aliphatic rings.